The van der Waals surface area contributed by atoms with Gasteiger partial charge in [0.15, 0.2) is 0 Å². The molecular formula is C18H22ClN5O2. The van der Waals surface area contributed by atoms with Gasteiger partial charge in [-0.05, 0) is 25.1 Å². The van der Waals surface area contributed by atoms with Crippen molar-refractivity contribution in [2.75, 3.05) is 43.5 Å². The lowest BCUT2D eigenvalue weighted by Crippen LogP contribution is -2.48. The Morgan fingerprint density at radius 1 is 1.19 bits per heavy atom. The molecule has 1 aromatic heterocycles. The molecule has 1 fully saturated rings. The highest BCUT2D eigenvalue weighted by Crippen LogP contribution is 2.29. The van der Waals surface area contributed by atoms with Crippen LogP contribution in [0.3, 0.4) is 0 Å². The lowest BCUT2D eigenvalue weighted by atomic mass is 10.3. The van der Waals surface area contributed by atoms with E-state index >= 15 is 0 Å². The summed E-state index contributed by atoms with van der Waals surface area (Å²) in [4.78, 5) is 24.5. The number of nitrogens with zero attached hydrogens (tertiary/aromatic N) is 4. The maximum absolute atomic E-state index is 11.5. The third-order valence-corrected chi connectivity index (χ3v) is 4.59. The first-order valence-corrected chi connectivity index (χ1v) is 8.81. The van der Waals surface area contributed by atoms with Crippen molar-refractivity contribution in [3.8, 4) is 5.75 Å². The van der Waals surface area contributed by atoms with Gasteiger partial charge >= 0.3 is 0 Å². The number of carbonyl (C=O) groups excluding carboxylic acids is 1. The zero-order valence-corrected chi connectivity index (χ0v) is 15.9. The molecule has 3 rings (SSSR count). The van der Waals surface area contributed by atoms with E-state index in [1.807, 2.05) is 24.0 Å². The standard InChI is InChI=1S/C18H22ClN5O2/c1-12-20-17(22-14-4-5-16(26-3)15(19)10-14)11-18(21-12)24-8-6-23(7-9-24)13(2)25/h4-5,10-11H,6-9H2,1-3H3,(H,20,21,22). The Morgan fingerprint density at radius 2 is 1.92 bits per heavy atom. The van der Waals surface area contributed by atoms with E-state index in [0.29, 0.717) is 35.5 Å². The van der Waals surface area contributed by atoms with E-state index in [9.17, 15) is 4.79 Å². The predicted molar refractivity (Wildman–Crippen MR) is 103 cm³/mol. The minimum Gasteiger partial charge on any atom is -0.495 e. The maximum Gasteiger partial charge on any atom is 0.219 e. The minimum absolute atomic E-state index is 0.113. The highest BCUT2D eigenvalue weighted by atomic mass is 35.5. The van der Waals surface area contributed by atoms with Gasteiger partial charge in [0.2, 0.25) is 5.91 Å². The van der Waals surface area contributed by atoms with E-state index < -0.39 is 0 Å². The molecule has 2 heterocycles. The molecule has 2 aromatic rings. The summed E-state index contributed by atoms with van der Waals surface area (Å²) in [5, 5.41) is 3.79. The number of nitrogens with one attached hydrogen (secondary N) is 1. The number of amides is 1. The number of anilines is 3. The van der Waals surface area contributed by atoms with Crippen LogP contribution in [0.25, 0.3) is 0 Å². The molecule has 0 saturated carbocycles. The number of benzene rings is 1. The number of methoxy groups -OCH3 is 1. The molecule has 8 heteroatoms. The highest BCUT2D eigenvalue weighted by Gasteiger charge is 2.20. The van der Waals surface area contributed by atoms with E-state index in [4.69, 9.17) is 16.3 Å². The van der Waals surface area contributed by atoms with Crippen LogP contribution in [-0.4, -0.2) is 54.1 Å². The van der Waals surface area contributed by atoms with Gasteiger partial charge in [-0.3, -0.25) is 4.79 Å². The summed E-state index contributed by atoms with van der Waals surface area (Å²) < 4.78 is 5.17. The second-order valence-electron chi connectivity index (χ2n) is 6.13. The Balaban J connectivity index is 1.76. The SMILES string of the molecule is COc1ccc(Nc2cc(N3CCN(C(C)=O)CC3)nc(C)n2)cc1Cl. The number of aromatic nitrogens is 2. The first kappa shape index (κ1) is 18.3. The van der Waals surface area contributed by atoms with Crippen LogP contribution in [0, 0.1) is 6.92 Å². The Hall–Kier alpha value is -2.54. The largest absolute Gasteiger partial charge is 0.495 e. The van der Waals surface area contributed by atoms with Crippen LogP contribution in [-0.2, 0) is 4.79 Å². The summed E-state index contributed by atoms with van der Waals surface area (Å²) in [6.07, 6.45) is 0. The summed E-state index contributed by atoms with van der Waals surface area (Å²) in [7, 11) is 1.58. The maximum atomic E-state index is 11.5. The van der Waals surface area contributed by atoms with Crippen LogP contribution in [0.4, 0.5) is 17.3 Å². The van der Waals surface area contributed by atoms with Gasteiger partial charge in [0, 0.05) is 44.9 Å². The van der Waals surface area contributed by atoms with Crippen molar-refractivity contribution >= 4 is 34.8 Å². The van der Waals surface area contributed by atoms with Crippen molar-refractivity contribution in [3.63, 3.8) is 0 Å². The minimum atomic E-state index is 0.113. The summed E-state index contributed by atoms with van der Waals surface area (Å²) in [6.45, 7) is 6.38. The Bertz CT molecular complexity index is 806. The third kappa shape index (κ3) is 4.16. The molecule has 1 N–H and O–H groups in total. The first-order chi connectivity index (χ1) is 12.5. The predicted octanol–water partition coefficient (Wildman–Crippen LogP) is 2.86. The third-order valence-electron chi connectivity index (χ3n) is 4.30. The van der Waals surface area contributed by atoms with Crippen LogP contribution in [0.1, 0.15) is 12.7 Å². The zero-order chi connectivity index (χ0) is 18.7. The molecule has 1 aromatic carbocycles. The molecule has 138 valence electrons. The number of hydrogen-bond donors (Lipinski definition) is 1. The number of piperazine rings is 1. The number of carbonyl (C=O) groups is 1. The average molecular weight is 376 g/mol. The Kier molecular flexibility index (Phi) is 5.46. The fourth-order valence-electron chi connectivity index (χ4n) is 2.92. The molecule has 0 bridgehead atoms. The van der Waals surface area contributed by atoms with Crippen LogP contribution >= 0.6 is 11.6 Å². The number of aryl methyl sites for hydroxylation is 1. The van der Waals surface area contributed by atoms with Crippen LogP contribution in [0.2, 0.25) is 5.02 Å². The molecule has 0 atom stereocenters. The summed E-state index contributed by atoms with van der Waals surface area (Å²) >= 11 is 6.18. The summed E-state index contributed by atoms with van der Waals surface area (Å²) in [5.41, 5.74) is 0.821. The van der Waals surface area contributed by atoms with Crippen LogP contribution in [0.15, 0.2) is 24.3 Å². The Morgan fingerprint density at radius 3 is 2.54 bits per heavy atom. The lowest BCUT2D eigenvalue weighted by Gasteiger charge is -2.35. The number of hydrogen-bond acceptors (Lipinski definition) is 6. The first-order valence-electron chi connectivity index (χ1n) is 8.43. The van der Waals surface area contributed by atoms with Gasteiger partial charge in [0.25, 0.3) is 0 Å². The van der Waals surface area contributed by atoms with Gasteiger partial charge in [-0.25, -0.2) is 9.97 Å². The van der Waals surface area contributed by atoms with Crippen molar-refractivity contribution in [1.29, 1.82) is 0 Å². The molecule has 0 radical (unpaired) electrons. The van der Waals surface area contributed by atoms with Crippen molar-refractivity contribution in [2.24, 2.45) is 0 Å². The number of halogens is 1. The second kappa shape index (κ2) is 7.78. The fraction of sp³-hybridized carbons (Fsp3) is 0.389. The van der Waals surface area contributed by atoms with Gasteiger partial charge < -0.3 is 19.9 Å². The van der Waals surface area contributed by atoms with E-state index in [2.05, 4.69) is 20.2 Å². The van der Waals surface area contributed by atoms with Crippen LogP contribution < -0.4 is 15.0 Å². The topological polar surface area (TPSA) is 70.6 Å². The fourth-order valence-corrected chi connectivity index (χ4v) is 3.18. The number of ether oxygens (including phenoxy) is 1. The molecule has 0 aliphatic carbocycles. The molecule has 1 amide bonds. The molecule has 0 spiro atoms. The van der Waals surface area contributed by atoms with E-state index in [0.717, 1.165) is 24.6 Å². The molecule has 1 saturated heterocycles. The van der Waals surface area contributed by atoms with Crippen molar-refractivity contribution < 1.29 is 9.53 Å². The van der Waals surface area contributed by atoms with Gasteiger partial charge in [-0.2, -0.15) is 0 Å². The zero-order valence-electron chi connectivity index (χ0n) is 15.1. The van der Waals surface area contributed by atoms with E-state index in [-0.39, 0.29) is 5.91 Å². The summed E-state index contributed by atoms with van der Waals surface area (Å²) in [5.74, 6) is 2.96. The van der Waals surface area contributed by atoms with Crippen molar-refractivity contribution in [2.45, 2.75) is 13.8 Å². The van der Waals surface area contributed by atoms with Crippen LogP contribution in [0.5, 0.6) is 5.75 Å². The summed E-state index contributed by atoms with van der Waals surface area (Å²) in [6, 6.07) is 7.39. The van der Waals surface area contributed by atoms with Gasteiger partial charge in [0.1, 0.15) is 23.2 Å². The highest BCUT2D eigenvalue weighted by molar-refractivity contribution is 6.32. The van der Waals surface area contributed by atoms with Crippen molar-refractivity contribution in [3.05, 3.63) is 35.1 Å². The van der Waals surface area contributed by atoms with Gasteiger partial charge in [0.05, 0.1) is 12.1 Å². The smallest absolute Gasteiger partial charge is 0.219 e. The normalized spacial score (nSPS) is 14.3. The molecule has 1 aliphatic rings. The molecule has 0 unspecified atom stereocenters. The lowest BCUT2D eigenvalue weighted by molar-refractivity contribution is -0.129. The Labute approximate surface area is 157 Å². The van der Waals surface area contributed by atoms with Gasteiger partial charge in [-0.15, -0.1) is 0 Å². The van der Waals surface area contributed by atoms with E-state index in [1.165, 1.54) is 0 Å². The molecule has 1 aliphatic heterocycles. The monoisotopic (exact) mass is 375 g/mol. The van der Waals surface area contributed by atoms with Gasteiger partial charge in [-0.1, -0.05) is 11.6 Å². The van der Waals surface area contributed by atoms with Crippen molar-refractivity contribution in [1.82, 2.24) is 14.9 Å². The number of rotatable bonds is 4. The average Bonchev–Trinajstić information content (AvgIpc) is 2.61. The molecule has 7 nitrogen and oxygen atoms in total. The second-order valence-corrected chi connectivity index (χ2v) is 6.53. The molecular weight excluding hydrogens is 354 g/mol. The molecule has 26 heavy (non-hydrogen) atoms. The quantitative estimate of drug-likeness (QED) is 0.886. The van der Waals surface area contributed by atoms with E-state index in [1.54, 1.807) is 26.2 Å².